The van der Waals surface area contributed by atoms with Crippen molar-refractivity contribution in [1.82, 2.24) is 0 Å². The quantitative estimate of drug-likeness (QED) is 0.132. The van der Waals surface area contributed by atoms with Crippen molar-refractivity contribution >= 4 is 54.3 Å². The first-order valence-corrected chi connectivity index (χ1v) is 13.2. The van der Waals surface area contributed by atoms with Gasteiger partial charge in [0.1, 0.15) is 0 Å². The van der Waals surface area contributed by atoms with E-state index in [9.17, 15) is 8.42 Å². The van der Waals surface area contributed by atoms with Crippen LogP contribution >= 0.6 is 22.6 Å². The molecule has 7 heteroatoms. The van der Waals surface area contributed by atoms with Crippen LogP contribution in [-0.2, 0) is 27.1 Å². The Bertz CT molecular complexity index is 1220. The van der Waals surface area contributed by atoms with Gasteiger partial charge in [-0.25, -0.2) is 0 Å². The number of hydrogen-bond acceptors (Lipinski definition) is 3. The summed E-state index contributed by atoms with van der Waals surface area (Å²) in [5, 5.41) is 5.06. The van der Waals surface area contributed by atoms with Crippen molar-refractivity contribution in [3.8, 4) is 0 Å². The van der Waals surface area contributed by atoms with E-state index in [1.54, 1.807) is 0 Å². The van der Waals surface area contributed by atoms with Gasteiger partial charge in [-0.15, -0.1) is 0 Å². The van der Waals surface area contributed by atoms with Gasteiger partial charge in [0.25, 0.3) is 10.1 Å². The summed E-state index contributed by atoms with van der Waals surface area (Å²) in [6, 6.07) is 29.2. The van der Waals surface area contributed by atoms with Crippen molar-refractivity contribution in [2.45, 2.75) is 27.7 Å². The first-order chi connectivity index (χ1) is 14.5. The van der Waals surface area contributed by atoms with E-state index >= 15 is 0 Å². The Morgan fingerprint density at radius 2 is 1.12 bits per heavy atom. The molecule has 0 amide bonds. The Kier molecular flexibility index (Phi) is 19.1. The van der Waals surface area contributed by atoms with Crippen LogP contribution in [0, 0.1) is 0 Å². The molecule has 3 nitrogen and oxygen atoms in total. The minimum atomic E-state index is -3.35. The second-order valence-corrected chi connectivity index (χ2v) is 9.71. The Morgan fingerprint density at radius 3 is 1.56 bits per heavy atom. The first-order valence-electron chi connectivity index (χ1n) is 9.81. The van der Waals surface area contributed by atoms with Crippen LogP contribution in [0.25, 0.3) is 21.5 Å². The molecular weight excluding hydrogens is 681 g/mol. The predicted octanol–water partition coefficient (Wildman–Crippen LogP) is 1.46. The van der Waals surface area contributed by atoms with Crippen molar-refractivity contribution in [3.63, 3.8) is 0 Å². The summed E-state index contributed by atoms with van der Waals surface area (Å²) in [5.74, 6) is 0. The van der Waals surface area contributed by atoms with E-state index in [1.165, 1.54) is 27.2 Å². The number of aryl methyl sites for hydroxylation is 1. The smallest absolute Gasteiger partial charge is 1.00 e. The van der Waals surface area contributed by atoms with Gasteiger partial charge in [-0.3, -0.25) is 4.18 Å². The van der Waals surface area contributed by atoms with Gasteiger partial charge in [0, 0.05) is 4.43 Å². The molecule has 0 spiro atoms. The molecule has 4 aromatic rings. The maximum absolute atomic E-state index is 10.9. The van der Waals surface area contributed by atoms with Gasteiger partial charge in [0.15, 0.2) is 0 Å². The maximum atomic E-state index is 10.9. The van der Waals surface area contributed by atoms with Gasteiger partial charge in [-0.1, -0.05) is 122 Å². The van der Waals surface area contributed by atoms with Gasteiger partial charge >= 0.3 is 29.6 Å². The zero-order valence-electron chi connectivity index (χ0n) is 18.3. The normalized spacial score (nSPS) is 9.94. The van der Waals surface area contributed by atoms with Crippen LogP contribution in [0.2, 0.25) is 0 Å². The third-order valence-corrected chi connectivity index (χ3v) is 5.93. The molecule has 0 N–H and O–H groups in total. The SMILES string of the molecule is C.C.CS(=O)(=O)OCCc1cccc2ccccc12.ICCc1cccc2ccccc12.[I-].[Na+]. The average Bonchev–Trinajstić information content (AvgIpc) is 2.74. The van der Waals surface area contributed by atoms with E-state index in [-0.39, 0.29) is 75.0 Å². The molecule has 4 rings (SSSR count). The Morgan fingerprint density at radius 1 is 0.706 bits per heavy atom. The van der Waals surface area contributed by atoms with E-state index in [1.807, 2.05) is 42.5 Å². The van der Waals surface area contributed by atoms with Crippen LogP contribution in [0.15, 0.2) is 84.9 Å². The topological polar surface area (TPSA) is 43.4 Å². The van der Waals surface area contributed by atoms with E-state index in [0.29, 0.717) is 6.42 Å². The van der Waals surface area contributed by atoms with Crippen molar-refractivity contribution in [2.24, 2.45) is 0 Å². The van der Waals surface area contributed by atoms with Gasteiger partial charge in [-0.05, 0) is 45.5 Å². The summed E-state index contributed by atoms with van der Waals surface area (Å²) < 4.78 is 27.7. The van der Waals surface area contributed by atoms with Crippen molar-refractivity contribution in [2.75, 3.05) is 17.3 Å². The third-order valence-electron chi connectivity index (χ3n) is 4.79. The van der Waals surface area contributed by atoms with Crippen LogP contribution in [0.3, 0.4) is 0 Å². The number of rotatable bonds is 6. The Labute approximate surface area is 258 Å². The molecule has 0 saturated heterocycles. The summed E-state index contributed by atoms with van der Waals surface area (Å²) in [4.78, 5) is 0. The fourth-order valence-electron chi connectivity index (χ4n) is 3.43. The number of halogens is 2. The van der Waals surface area contributed by atoms with Crippen molar-refractivity contribution in [3.05, 3.63) is 96.1 Å². The fourth-order valence-corrected chi connectivity index (χ4v) is 4.39. The van der Waals surface area contributed by atoms with Crippen LogP contribution < -0.4 is 53.5 Å². The van der Waals surface area contributed by atoms with Crippen molar-refractivity contribution in [1.29, 1.82) is 0 Å². The molecule has 4 aromatic carbocycles. The molecule has 0 aliphatic carbocycles. The van der Waals surface area contributed by atoms with E-state index < -0.39 is 10.1 Å². The molecule has 0 fully saturated rings. The summed E-state index contributed by atoms with van der Waals surface area (Å²) >= 11 is 2.42. The van der Waals surface area contributed by atoms with E-state index in [2.05, 4.69) is 65.1 Å². The minimum Gasteiger partial charge on any atom is -1.00 e. The summed E-state index contributed by atoms with van der Waals surface area (Å²) in [6.45, 7) is 0.187. The molecule has 34 heavy (non-hydrogen) atoms. The molecule has 0 atom stereocenters. The summed E-state index contributed by atoms with van der Waals surface area (Å²) in [7, 11) is -3.35. The zero-order valence-corrected chi connectivity index (χ0v) is 25.4. The Balaban J connectivity index is 0. The van der Waals surface area contributed by atoms with Crippen LogP contribution in [0.1, 0.15) is 26.0 Å². The summed E-state index contributed by atoms with van der Waals surface area (Å²) in [6.07, 6.45) is 2.83. The first kappa shape index (κ1) is 35.9. The molecule has 0 aliphatic heterocycles. The molecule has 0 aromatic heterocycles. The fraction of sp³-hybridized carbons (Fsp3) is 0.259. The molecular formula is C27H33I2NaO3S. The third kappa shape index (κ3) is 11.2. The minimum absolute atomic E-state index is 0. The van der Waals surface area contributed by atoms with Crippen LogP contribution in [-0.4, -0.2) is 25.7 Å². The van der Waals surface area contributed by atoms with E-state index in [0.717, 1.165) is 22.6 Å². The number of benzene rings is 4. The molecule has 180 valence electrons. The number of alkyl halides is 1. The standard InChI is InChI=1S/C13H14O3S.C12H11I.2CH4.HI.Na/c1-17(14,15)16-10-9-12-7-4-6-11-5-2-3-8-13(11)12;13-9-8-11-6-3-5-10-4-1-2-7-12(10)11;;;;/h2-8H,9-10H2,1H3;1-7H,8-9H2;2*1H4;1H;/q;;;;;+1/p-1. The van der Waals surface area contributed by atoms with Gasteiger partial charge in [-0.2, -0.15) is 8.42 Å². The maximum Gasteiger partial charge on any atom is 1.00 e. The second-order valence-electron chi connectivity index (χ2n) is 6.99. The van der Waals surface area contributed by atoms with Crippen LogP contribution in [0.5, 0.6) is 0 Å². The van der Waals surface area contributed by atoms with Crippen LogP contribution in [0.4, 0.5) is 0 Å². The monoisotopic (exact) mass is 714 g/mol. The predicted molar refractivity (Wildman–Crippen MR) is 148 cm³/mol. The zero-order chi connectivity index (χ0) is 21.4. The van der Waals surface area contributed by atoms with Gasteiger partial charge in [0.05, 0.1) is 12.9 Å². The molecule has 0 aliphatic rings. The molecule has 0 bridgehead atoms. The molecule has 0 unspecified atom stereocenters. The number of fused-ring (bicyclic) bond motifs is 2. The van der Waals surface area contributed by atoms with Gasteiger partial charge in [0.2, 0.25) is 0 Å². The second kappa shape index (κ2) is 18.1. The van der Waals surface area contributed by atoms with Gasteiger partial charge < -0.3 is 24.0 Å². The van der Waals surface area contributed by atoms with E-state index in [4.69, 9.17) is 4.18 Å². The number of hydrogen-bond donors (Lipinski definition) is 0. The Hall–Kier alpha value is -0.230. The van der Waals surface area contributed by atoms with Crippen molar-refractivity contribution < 1.29 is 66.1 Å². The molecule has 0 saturated carbocycles. The molecule has 0 radical (unpaired) electrons. The largest absolute Gasteiger partial charge is 1.00 e. The summed E-state index contributed by atoms with van der Waals surface area (Å²) in [5.41, 5.74) is 2.57. The average molecular weight is 714 g/mol. The molecule has 0 heterocycles.